The van der Waals surface area contributed by atoms with Gasteiger partial charge in [0.1, 0.15) is 9.77 Å². The van der Waals surface area contributed by atoms with Gasteiger partial charge in [-0.2, -0.15) is 5.26 Å². The van der Waals surface area contributed by atoms with E-state index in [1.165, 1.54) is 0 Å². The van der Waals surface area contributed by atoms with E-state index in [2.05, 4.69) is 9.72 Å². The molecule has 0 fully saturated rings. The lowest BCUT2D eigenvalue weighted by Crippen LogP contribution is -2.11. The molecule has 0 bridgehead atoms. The number of alkyl halides is 2. The number of carbonyl (C=O) groups excluding carboxylic acids is 1. The molecular formula is C9H5F2IN2O2. The molecule has 0 aromatic carbocycles. The Morgan fingerprint density at radius 3 is 2.75 bits per heavy atom. The van der Waals surface area contributed by atoms with Crippen LogP contribution in [0.15, 0.2) is 6.20 Å². The molecule has 1 aromatic rings. The normalized spacial score (nSPS) is 10.0. The fraction of sp³-hybridized carbons (Fsp3) is 0.222. The van der Waals surface area contributed by atoms with Crippen LogP contribution in [0.25, 0.3) is 0 Å². The summed E-state index contributed by atoms with van der Waals surface area (Å²) < 4.78 is 29.8. The zero-order valence-electron chi connectivity index (χ0n) is 8.00. The first-order valence-corrected chi connectivity index (χ1v) is 5.05. The zero-order valence-corrected chi connectivity index (χ0v) is 10.2. The third-order valence-electron chi connectivity index (χ3n) is 1.80. The number of halogens is 3. The summed E-state index contributed by atoms with van der Waals surface area (Å²) in [5.41, 5.74) is -1.20. The Hall–Kier alpha value is -1.30. The van der Waals surface area contributed by atoms with Crippen molar-refractivity contribution >= 4 is 28.6 Å². The van der Waals surface area contributed by atoms with Crippen LogP contribution < -0.4 is 0 Å². The summed E-state index contributed by atoms with van der Waals surface area (Å²) in [7, 11) is 1.06. The molecule has 1 heterocycles. The van der Waals surface area contributed by atoms with Crippen molar-refractivity contribution in [2.45, 2.75) is 6.43 Å². The van der Waals surface area contributed by atoms with Gasteiger partial charge in [0, 0.05) is 6.20 Å². The molecule has 1 rings (SSSR count). The zero-order chi connectivity index (χ0) is 12.3. The molecule has 84 valence electrons. The Morgan fingerprint density at radius 1 is 1.69 bits per heavy atom. The number of aromatic nitrogens is 1. The van der Waals surface area contributed by atoms with Crippen LogP contribution in [0.4, 0.5) is 8.78 Å². The average molecular weight is 338 g/mol. The summed E-state index contributed by atoms with van der Waals surface area (Å²) in [6.45, 7) is 0. The molecule has 0 N–H and O–H groups in total. The van der Waals surface area contributed by atoms with Gasteiger partial charge in [-0.25, -0.2) is 18.6 Å². The standard InChI is InChI=1S/C9H5F2IN2O2/c1-16-9(15)6-4(2-13)8(12)14-3-5(6)7(10)11/h3,7H,1H3. The van der Waals surface area contributed by atoms with Crippen molar-refractivity contribution in [3.05, 3.63) is 26.6 Å². The van der Waals surface area contributed by atoms with Crippen LogP contribution in [0, 0.1) is 15.0 Å². The minimum absolute atomic E-state index is 0.185. The number of methoxy groups -OCH3 is 1. The van der Waals surface area contributed by atoms with E-state index in [1.54, 1.807) is 28.7 Å². The highest BCUT2D eigenvalue weighted by molar-refractivity contribution is 14.1. The molecule has 0 spiro atoms. The largest absolute Gasteiger partial charge is 0.465 e. The minimum atomic E-state index is -2.88. The van der Waals surface area contributed by atoms with Crippen molar-refractivity contribution in [1.82, 2.24) is 4.98 Å². The fourth-order valence-corrected chi connectivity index (χ4v) is 1.62. The number of ether oxygens (including phenoxy) is 1. The van der Waals surface area contributed by atoms with E-state index in [9.17, 15) is 13.6 Å². The highest BCUT2D eigenvalue weighted by Crippen LogP contribution is 2.27. The maximum absolute atomic E-state index is 12.6. The second kappa shape index (κ2) is 5.16. The van der Waals surface area contributed by atoms with Crippen molar-refractivity contribution < 1.29 is 18.3 Å². The number of hydrogen-bond acceptors (Lipinski definition) is 4. The Kier molecular flexibility index (Phi) is 4.12. The molecule has 0 saturated carbocycles. The van der Waals surface area contributed by atoms with Crippen LogP contribution >= 0.6 is 22.6 Å². The van der Waals surface area contributed by atoms with E-state index < -0.39 is 23.5 Å². The predicted molar refractivity (Wildman–Crippen MR) is 58.0 cm³/mol. The lowest BCUT2D eigenvalue weighted by Gasteiger charge is -2.09. The number of esters is 1. The van der Waals surface area contributed by atoms with Gasteiger partial charge >= 0.3 is 5.97 Å². The molecule has 0 aliphatic carbocycles. The summed E-state index contributed by atoms with van der Waals surface area (Å²) in [6, 6.07) is 1.67. The molecule has 0 aliphatic rings. The van der Waals surface area contributed by atoms with Gasteiger partial charge in [-0.05, 0) is 22.6 Å². The molecule has 1 aromatic heterocycles. The third-order valence-corrected chi connectivity index (χ3v) is 2.62. The van der Waals surface area contributed by atoms with Crippen molar-refractivity contribution in [3.8, 4) is 6.07 Å². The van der Waals surface area contributed by atoms with Crippen molar-refractivity contribution in [1.29, 1.82) is 5.26 Å². The molecular weight excluding hydrogens is 333 g/mol. The van der Waals surface area contributed by atoms with Gasteiger partial charge in [-0.1, -0.05) is 0 Å². The summed E-state index contributed by atoms with van der Waals surface area (Å²) >= 11 is 1.69. The van der Waals surface area contributed by atoms with Crippen molar-refractivity contribution in [2.75, 3.05) is 7.11 Å². The lowest BCUT2D eigenvalue weighted by molar-refractivity contribution is 0.0588. The lowest BCUT2D eigenvalue weighted by atomic mass is 10.1. The molecule has 0 aliphatic heterocycles. The number of nitriles is 1. The Morgan fingerprint density at radius 2 is 2.31 bits per heavy atom. The monoisotopic (exact) mass is 338 g/mol. The summed E-state index contributed by atoms with van der Waals surface area (Å²) in [5.74, 6) is -0.966. The summed E-state index contributed by atoms with van der Waals surface area (Å²) in [6.07, 6.45) is -2.01. The second-order valence-corrected chi connectivity index (χ2v) is 3.68. The van der Waals surface area contributed by atoms with Gasteiger partial charge in [0.25, 0.3) is 6.43 Å². The Bertz CT molecular complexity index is 471. The average Bonchev–Trinajstić information content (AvgIpc) is 2.27. The van der Waals surface area contributed by atoms with Crippen LogP contribution in [0.2, 0.25) is 0 Å². The highest BCUT2D eigenvalue weighted by atomic mass is 127. The van der Waals surface area contributed by atoms with Crippen molar-refractivity contribution in [3.63, 3.8) is 0 Å². The Balaban J connectivity index is 3.55. The summed E-state index contributed by atoms with van der Waals surface area (Å²) in [5, 5.41) is 8.80. The smallest absolute Gasteiger partial charge is 0.339 e. The summed E-state index contributed by atoms with van der Waals surface area (Å²) in [4.78, 5) is 15.0. The molecule has 7 heteroatoms. The van der Waals surface area contributed by atoms with E-state index in [4.69, 9.17) is 5.26 Å². The van der Waals surface area contributed by atoms with E-state index in [1.807, 2.05) is 0 Å². The maximum Gasteiger partial charge on any atom is 0.339 e. The Labute approximate surface area is 103 Å². The van der Waals surface area contributed by atoms with Crippen molar-refractivity contribution in [2.24, 2.45) is 0 Å². The fourth-order valence-electron chi connectivity index (χ4n) is 1.09. The number of rotatable bonds is 2. The van der Waals surface area contributed by atoms with E-state index in [-0.39, 0.29) is 9.26 Å². The SMILES string of the molecule is COC(=O)c1c(C(F)F)cnc(I)c1C#N. The predicted octanol–water partition coefficient (Wildman–Crippen LogP) is 2.28. The molecule has 0 radical (unpaired) electrons. The van der Waals surface area contributed by atoms with Gasteiger partial charge in [-0.15, -0.1) is 0 Å². The highest BCUT2D eigenvalue weighted by Gasteiger charge is 2.25. The minimum Gasteiger partial charge on any atom is -0.465 e. The molecule has 0 saturated heterocycles. The number of pyridine rings is 1. The number of nitrogens with zero attached hydrogens (tertiary/aromatic N) is 2. The third kappa shape index (κ3) is 2.27. The maximum atomic E-state index is 12.6. The molecule has 0 atom stereocenters. The van der Waals surface area contributed by atoms with E-state index >= 15 is 0 Å². The quantitative estimate of drug-likeness (QED) is 0.472. The molecule has 16 heavy (non-hydrogen) atoms. The molecule has 0 unspecified atom stereocenters. The van der Waals surface area contributed by atoms with E-state index in [0.29, 0.717) is 0 Å². The van der Waals surface area contributed by atoms with Crippen LogP contribution in [0.3, 0.4) is 0 Å². The van der Waals surface area contributed by atoms with Crippen LogP contribution in [0.1, 0.15) is 27.9 Å². The first-order chi connectivity index (χ1) is 7.52. The van der Waals surface area contributed by atoms with Gasteiger partial charge < -0.3 is 4.74 Å². The number of carbonyl (C=O) groups is 1. The van der Waals surface area contributed by atoms with Gasteiger partial charge in [0.2, 0.25) is 0 Å². The first kappa shape index (κ1) is 12.8. The van der Waals surface area contributed by atoms with E-state index in [0.717, 1.165) is 13.3 Å². The van der Waals surface area contributed by atoms with Crippen LogP contribution in [0.5, 0.6) is 0 Å². The van der Waals surface area contributed by atoms with Gasteiger partial charge in [0.15, 0.2) is 0 Å². The first-order valence-electron chi connectivity index (χ1n) is 3.97. The van der Waals surface area contributed by atoms with Gasteiger partial charge in [0.05, 0.1) is 23.8 Å². The van der Waals surface area contributed by atoms with Crippen LogP contribution in [-0.4, -0.2) is 18.1 Å². The number of hydrogen-bond donors (Lipinski definition) is 0. The molecule has 4 nitrogen and oxygen atoms in total. The van der Waals surface area contributed by atoms with Crippen LogP contribution in [-0.2, 0) is 4.74 Å². The molecule has 0 amide bonds. The topological polar surface area (TPSA) is 63.0 Å². The second-order valence-electron chi connectivity index (χ2n) is 2.66. The van der Waals surface area contributed by atoms with Gasteiger partial charge in [-0.3, -0.25) is 0 Å².